The highest BCUT2D eigenvalue weighted by Gasteiger charge is 2.28. The van der Waals surface area contributed by atoms with Gasteiger partial charge in [-0.05, 0) is 32.8 Å². The average Bonchev–Trinajstić information content (AvgIpc) is 3.29. The van der Waals surface area contributed by atoms with Crippen LogP contribution in [-0.4, -0.2) is 39.7 Å². The smallest absolute Gasteiger partial charge is 0.252 e. The van der Waals surface area contributed by atoms with Gasteiger partial charge in [-0.2, -0.15) is 5.10 Å². The summed E-state index contributed by atoms with van der Waals surface area (Å²) < 4.78 is 1.86. The quantitative estimate of drug-likeness (QED) is 0.790. The van der Waals surface area contributed by atoms with Crippen molar-refractivity contribution in [2.75, 3.05) is 13.1 Å². The summed E-state index contributed by atoms with van der Waals surface area (Å²) in [5.41, 5.74) is 2.34. The Hall–Kier alpha value is -2.44. The van der Waals surface area contributed by atoms with Crippen molar-refractivity contribution in [2.45, 2.75) is 45.6 Å². The van der Waals surface area contributed by atoms with Gasteiger partial charge in [0.1, 0.15) is 0 Å². The first-order chi connectivity index (χ1) is 11.5. The molecule has 0 saturated heterocycles. The maximum absolute atomic E-state index is 12.6. The number of nitrogens with zero attached hydrogens (tertiary/aromatic N) is 3. The fraction of sp³-hybridized carbons (Fsp3) is 0.529. The van der Waals surface area contributed by atoms with Gasteiger partial charge in [0.15, 0.2) is 5.65 Å². The summed E-state index contributed by atoms with van der Waals surface area (Å²) in [6.45, 7) is 6.35. The van der Waals surface area contributed by atoms with E-state index in [1.807, 2.05) is 24.6 Å². The molecule has 1 aliphatic rings. The zero-order valence-electron chi connectivity index (χ0n) is 14.3. The Kier molecular flexibility index (Phi) is 4.51. The van der Waals surface area contributed by atoms with E-state index in [-0.39, 0.29) is 17.9 Å². The predicted octanol–water partition coefficient (Wildman–Crippen LogP) is 1.76. The first-order valence-electron chi connectivity index (χ1n) is 8.38. The van der Waals surface area contributed by atoms with Crippen molar-refractivity contribution < 1.29 is 9.59 Å². The first kappa shape index (κ1) is 16.4. The third kappa shape index (κ3) is 3.39. The zero-order valence-corrected chi connectivity index (χ0v) is 14.3. The molecule has 3 rings (SSSR count). The minimum atomic E-state index is -0.155. The molecule has 24 heavy (non-hydrogen) atoms. The standard InChI is InChI=1S/C17H23N5O2/c1-10(2)22-16-14(9-20-22)13(8-15(21-16)12-4-5-12)17(24)19-7-6-18-11(3)23/h8-10,12H,4-7H2,1-3H3,(H,18,23)(H,19,24). The highest BCUT2D eigenvalue weighted by Crippen LogP contribution is 2.40. The largest absolute Gasteiger partial charge is 0.355 e. The van der Waals surface area contributed by atoms with E-state index >= 15 is 0 Å². The molecular formula is C17H23N5O2. The number of rotatable bonds is 6. The maximum atomic E-state index is 12.6. The van der Waals surface area contributed by atoms with Crippen LogP contribution in [0, 0.1) is 0 Å². The van der Waals surface area contributed by atoms with Gasteiger partial charge in [0.25, 0.3) is 5.91 Å². The minimum absolute atomic E-state index is 0.107. The van der Waals surface area contributed by atoms with Crippen molar-refractivity contribution in [1.29, 1.82) is 0 Å². The summed E-state index contributed by atoms with van der Waals surface area (Å²) in [4.78, 5) is 28.2. The second kappa shape index (κ2) is 6.59. The molecule has 0 aliphatic heterocycles. The van der Waals surface area contributed by atoms with Crippen LogP contribution in [0.15, 0.2) is 12.3 Å². The van der Waals surface area contributed by atoms with Crippen molar-refractivity contribution in [3.63, 3.8) is 0 Å². The van der Waals surface area contributed by atoms with E-state index in [0.717, 1.165) is 29.6 Å². The van der Waals surface area contributed by atoms with Crippen molar-refractivity contribution in [3.05, 3.63) is 23.5 Å². The van der Waals surface area contributed by atoms with E-state index in [1.54, 1.807) is 6.20 Å². The van der Waals surface area contributed by atoms with Crippen LogP contribution in [0.3, 0.4) is 0 Å². The van der Waals surface area contributed by atoms with Crippen LogP contribution in [0.4, 0.5) is 0 Å². The average molecular weight is 329 g/mol. The van der Waals surface area contributed by atoms with Crippen LogP contribution in [0.25, 0.3) is 11.0 Å². The normalized spacial score (nSPS) is 14.2. The predicted molar refractivity (Wildman–Crippen MR) is 90.9 cm³/mol. The molecule has 2 heterocycles. The Morgan fingerprint density at radius 1 is 1.29 bits per heavy atom. The number of pyridine rings is 1. The van der Waals surface area contributed by atoms with Crippen molar-refractivity contribution in [3.8, 4) is 0 Å². The van der Waals surface area contributed by atoms with Crippen LogP contribution in [-0.2, 0) is 4.79 Å². The Morgan fingerprint density at radius 3 is 2.62 bits per heavy atom. The SMILES string of the molecule is CC(=O)NCCNC(=O)c1cc(C2CC2)nc2c1cnn2C(C)C. The number of fused-ring (bicyclic) bond motifs is 1. The van der Waals surface area contributed by atoms with Crippen molar-refractivity contribution in [2.24, 2.45) is 0 Å². The number of hydrogen-bond acceptors (Lipinski definition) is 4. The molecule has 0 unspecified atom stereocenters. The topological polar surface area (TPSA) is 88.9 Å². The lowest BCUT2D eigenvalue weighted by Crippen LogP contribution is -2.33. The summed E-state index contributed by atoms with van der Waals surface area (Å²) in [5, 5.41) is 10.7. The summed E-state index contributed by atoms with van der Waals surface area (Å²) in [6, 6.07) is 2.07. The monoisotopic (exact) mass is 329 g/mol. The van der Waals surface area contributed by atoms with E-state index in [0.29, 0.717) is 24.6 Å². The fourth-order valence-corrected chi connectivity index (χ4v) is 2.70. The van der Waals surface area contributed by atoms with Gasteiger partial charge in [0.2, 0.25) is 5.91 Å². The van der Waals surface area contributed by atoms with Crippen molar-refractivity contribution >= 4 is 22.8 Å². The number of carbonyl (C=O) groups excluding carboxylic acids is 2. The van der Waals surface area contributed by atoms with Crippen LogP contribution in [0.2, 0.25) is 0 Å². The van der Waals surface area contributed by atoms with Gasteiger partial charge in [-0.15, -0.1) is 0 Å². The zero-order chi connectivity index (χ0) is 17.3. The summed E-state index contributed by atoms with van der Waals surface area (Å²) >= 11 is 0. The van der Waals surface area contributed by atoms with E-state index in [1.165, 1.54) is 6.92 Å². The van der Waals surface area contributed by atoms with Crippen LogP contribution < -0.4 is 10.6 Å². The number of hydrogen-bond donors (Lipinski definition) is 2. The fourth-order valence-electron chi connectivity index (χ4n) is 2.70. The summed E-state index contributed by atoms with van der Waals surface area (Å²) in [7, 11) is 0. The number of nitrogens with one attached hydrogen (secondary N) is 2. The first-order valence-corrected chi connectivity index (χ1v) is 8.38. The number of aromatic nitrogens is 3. The van der Waals surface area contributed by atoms with E-state index in [2.05, 4.69) is 15.7 Å². The molecule has 0 atom stereocenters. The lowest BCUT2D eigenvalue weighted by molar-refractivity contribution is -0.118. The Bertz CT molecular complexity index is 777. The molecule has 1 saturated carbocycles. The Morgan fingerprint density at radius 2 is 2.00 bits per heavy atom. The molecule has 1 aliphatic carbocycles. The second-order valence-corrected chi connectivity index (χ2v) is 6.53. The van der Waals surface area contributed by atoms with E-state index in [4.69, 9.17) is 4.98 Å². The van der Waals surface area contributed by atoms with Crippen LogP contribution in [0.5, 0.6) is 0 Å². The molecule has 0 radical (unpaired) electrons. The maximum Gasteiger partial charge on any atom is 0.252 e. The van der Waals surface area contributed by atoms with Gasteiger partial charge in [-0.1, -0.05) is 0 Å². The number of amides is 2. The summed E-state index contributed by atoms with van der Waals surface area (Å²) in [6.07, 6.45) is 3.96. The lowest BCUT2D eigenvalue weighted by atomic mass is 10.1. The van der Waals surface area contributed by atoms with E-state index in [9.17, 15) is 9.59 Å². The molecule has 128 valence electrons. The van der Waals surface area contributed by atoms with Crippen LogP contribution >= 0.6 is 0 Å². The molecule has 2 amide bonds. The highest BCUT2D eigenvalue weighted by molar-refractivity contribution is 6.05. The number of carbonyl (C=O) groups is 2. The molecule has 0 bridgehead atoms. The van der Waals surface area contributed by atoms with Crippen LogP contribution in [0.1, 0.15) is 61.6 Å². The molecule has 0 aromatic carbocycles. The molecular weight excluding hydrogens is 306 g/mol. The second-order valence-electron chi connectivity index (χ2n) is 6.53. The molecule has 2 N–H and O–H groups in total. The van der Waals surface area contributed by atoms with Gasteiger partial charge in [-0.3, -0.25) is 9.59 Å². The van der Waals surface area contributed by atoms with Crippen molar-refractivity contribution in [1.82, 2.24) is 25.4 Å². The minimum Gasteiger partial charge on any atom is -0.355 e. The molecule has 7 nitrogen and oxygen atoms in total. The molecule has 2 aromatic rings. The van der Waals surface area contributed by atoms with Gasteiger partial charge in [0, 0.05) is 37.7 Å². The molecule has 2 aromatic heterocycles. The molecule has 1 fully saturated rings. The third-order valence-corrected chi connectivity index (χ3v) is 4.10. The van der Waals surface area contributed by atoms with Gasteiger partial charge in [-0.25, -0.2) is 9.67 Å². The molecule has 7 heteroatoms. The Balaban J connectivity index is 1.88. The van der Waals surface area contributed by atoms with Gasteiger partial charge >= 0.3 is 0 Å². The third-order valence-electron chi connectivity index (χ3n) is 4.10. The van der Waals surface area contributed by atoms with Gasteiger partial charge in [0.05, 0.1) is 17.1 Å². The lowest BCUT2D eigenvalue weighted by Gasteiger charge is -2.11. The molecule has 0 spiro atoms. The van der Waals surface area contributed by atoms with Gasteiger partial charge < -0.3 is 10.6 Å². The highest BCUT2D eigenvalue weighted by atomic mass is 16.2. The van der Waals surface area contributed by atoms with E-state index < -0.39 is 0 Å². The summed E-state index contributed by atoms with van der Waals surface area (Å²) in [5.74, 6) is 0.193. The Labute approximate surface area is 140 Å².